The summed E-state index contributed by atoms with van der Waals surface area (Å²) in [4.78, 5) is 81.0. The molecule has 2 aromatic rings. The van der Waals surface area contributed by atoms with Gasteiger partial charge in [-0.25, -0.2) is 48.7 Å². The van der Waals surface area contributed by atoms with Crippen LogP contribution in [0.2, 0.25) is 0 Å². The first-order valence-electron chi connectivity index (χ1n) is 6.96. The molecule has 0 aromatic carbocycles. The SMILES string of the molecule is O=C(O)c1cnc(C(=O)OC(=O)c2ncc(C(=O)O)nc2C(=O)O)c(C(=O)O)n1. The van der Waals surface area contributed by atoms with Gasteiger partial charge in [-0.3, -0.25) is 0 Å². The van der Waals surface area contributed by atoms with Crippen LogP contribution in [-0.4, -0.2) is 76.2 Å². The first-order chi connectivity index (χ1) is 13.5. The van der Waals surface area contributed by atoms with E-state index in [2.05, 4.69) is 24.7 Å². The number of esters is 2. The van der Waals surface area contributed by atoms with Crippen molar-refractivity contribution in [2.45, 2.75) is 0 Å². The number of carbonyl (C=O) groups excluding carboxylic acids is 2. The fourth-order valence-electron chi connectivity index (χ4n) is 1.76. The molecule has 0 radical (unpaired) electrons. The number of carbonyl (C=O) groups is 6. The number of aromatic nitrogens is 4. The van der Waals surface area contributed by atoms with Gasteiger partial charge in [-0.1, -0.05) is 0 Å². The maximum Gasteiger partial charge on any atom is 0.367 e. The van der Waals surface area contributed by atoms with E-state index in [1.807, 2.05) is 0 Å². The topological polar surface area (TPSA) is 244 Å². The lowest BCUT2D eigenvalue weighted by Crippen LogP contribution is -2.23. The van der Waals surface area contributed by atoms with Crippen LogP contribution in [0, 0.1) is 0 Å². The van der Waals surface area contributed by atoms with Gasteiger partial charge in [0.25, 0.3) is 0 Å². The molecule has 0 saturated heterocycles. The van der Waals surface area contributed by atoms with E-state index in [1.165, 1.54) is 0 Å². The predicted octanol–water partition coefficient (Wildman–Crippen LogP) is -0.943. The van der Waals surface area contributed by atoms with Gasteiger partial charge >= 0.3 is 35.8 Å². The lowest BCUT2D eigenvalue weighted by molar-refractivity contribution is 0.0374. The number of hydrogen-bond acceptors (Lipinski definition) is 11. The van der Waals surface area contributed by atoms with Crippen molar-refractivity contribution in [1.29, 1.82) is 0 Å². The molecule has 2 aromatic heterocycles. The molecule has 0 fully saturated rings. The smallest absolute Gasteiger partial charge is 0.367 e. The standard InChI is InChI=1S/C14H6N4O11/c19-9(20)3-1-15-7(5(17-3)11(23)24)13(27)29-14(28)8-6(12(25)26)18-4(2-16-8)10(21)22/h1-2H,(H,19,20)(H,21,22)(H,23,24)(H,25,26). The highest BCUT2D eigenvalue weighted by Gasteiger charge is 2.29. The number of aromatic carboxylic acids is 4. The van der Waals surface area contributed by atoms with E-state index in [-0.39, 0.29) is 0 Å². The molecule has 0 atom stereocenters. The van der Waals surface area contributed by atoms with E-state index in [0.29, 0.717) is 12.4 Å². The maximum absolute atomic E-state index is 12.0. The molecule has 0 aliphatic carbocycles. The molecular weight excluding hydrogens is 400 g/mol. The van der Waals surface area contributed by atoms with Gasteiger partial charge in [0.2, 0.25) is 0 Å². The zero-order valence-electron chi connectivity index (χ0n) is 13.6. The van der Waals surface area contributed by atoms with Crippen LogP contribution in [-0.2, 0) is 4.74 Å². The molecule has 4 N–H and O–H groups in total. The van der Waals surface area contributed by atoms with Crippen LogP contribution >= 0.6 is 0 Å². The number of nitrogens with zero attached hydrogens (tertiary/aromatic N) is 4. The third-order valence-corrected chi connectivity index (χ3v) is 2.96. The highest BCUT2D eigenvalue weighted by molar-refractivity contribution is 6.08. The molecule has 0 saturated carbocycles. The molecule has 2 heterocycles. The van der Waals surface area contributed by atoms with Crippen molar-refractivity contribution in [3.8, 4) is 0 Å². The van der Waals surface area contributed by atoms with E-state index in [9.17, 15) is 28.8 Å². The number of rotatable bonds is 6. The average Bonchev–Trinajstić information content (AvgIpc) is 2.66. The van der Waals surface area contributed by atoms with Gasteiger partial charge in [-0.15, -0.1) is 0 Å². The molecular formula is C14H6N4O11. The third kappa shape index (κ3) is 4.30. The predicted molar refractivity (Wildman–Crippen MR) is 81.6 cm³/mol. The Hall–Kier alpha value is -4.82. The van der Waals surface area contributed by atoms with E-state index >= 15 is 0 Å². The second kappa shape index (κ2) is 7.82. The largest absolute Gasteiger partial charge is 0.476 e. The summed E-state index contributed by atoms with van der Waals surface area (Å²) in [6.45, 7) is 0. The van der Waals surface area contributed by atoms with Crippen LogP contribution in [0.15, 0.2) is 12.4 Å². The van der Waals surface area contributed by atoms with Crippen molar-refractivity contribution in [2.24, 2.45) is 0 Å². The molecule has 15 nitrogen and oxygen atoms in total. The van der Waals surface area contributed by atoms with Crippen molar-refractivity contribution in [3.63, 3.8) is 0 Å². The molecule has 148 valence electrons. The summed E-state index contributed by atoms with van der Waals surface area (Å²) < 4.78 is 4.30. The molecule has 0 amide bonds. The van der Waals surface area contributed by atoms with Crippen molar-refractivity contribution < 1.29 is 53.9 Å². The lowest BCUT2D eigenvalue weighted by atomic mass is 10.2. The summed E-state index contributed by atoms with van der Waals surface area (Å²) in [5.41, 5.74) is -6.02. The van der Waals surface area contributed by atoms with E-state index in [0.717, 1.165) is 0 Å². The first-order valence-corrected chi connectivity index (χ1v) is 6.96. The lowest BCUT2D eigenvalue weighted by Gasteiger charge is -2.06. The number of hydrogen-bond donors (Lipinski definition) is 4. The van der Waals surface area contributed by atoms with E-state index in [4.69, 9.17) is 20.4 Å². The maximum atomic E-state index is 12.0. The molecule has 0 unspecified atom stereocenters. The molecule has 0 spiro atoms. The highest BCUT2D eigenvalue weighted by Crippen LogP contribution is 2.11. The van der Waals surface area contributed by atoms with Gasteiger partial charge in [0, 0.05) is 0 Å². The molecule has 2 rings (SSSR count). The van der Waals surface area contributed by atoms with Gasteiger partial charge in [0.05, 0.1) is 12.4 Å². The Morgan fingerprint density at radius 2 is 0.931 bits per heavy atom. The second-order valence-electron chi connectivity index (χ2n) is 4.80. The van der Waals surface area contributed by atoms with Gasteiger partial charge in [0.1, 0.15) is 0 Å². The fraction of sp³-hybridized carbons (Fsp3) is 0. The van der Waals surface area contributed by atoms with E-state index in [1.54, 1.807) is 0 Å². The summed E-state index contributed by atoms with van der Waals surface area (Å²) in [6, 6.07) is 0. The Kier molecular flexibility index (Phi) is 5.53. The summed E-state index contributed by atoms with van der Waals surface area (Å²) >= 11 is 0. The van der Waals surface area contributed by atoms with Crippen LogP contribution in [0.25, 0.3) is 0 Å². The minimum absolute atomic E-state index is 0.528. The number of carboxylic acid groups (broad SMARTS) is 4. The van der Waals surface area contributed by atoms with Crippen molar-refractivity contribution in [2.75, 3.05) is 0 Å². The molecule has 0 bridgehead atoms. The normalized spacial score (nSPS) is 10.1. The van der Waals surface area contributed by atoms with Crippen LogP contribution in [0.5, 0.6) is 0 Å². The Morgan fingerprint density at radius 3 is 1.21 bits per heavy atom. The van der Waals surface area contributed by atoms with Crippen LogP contribution in [0.1, 0.15) is 62.9 Å². The average molecular weight is 406 g/mol. The van der Waals surface area contributed by atoms with Crippen molar-refractivity contribution in [1.82, 2.24) is 19.9 Å². The summed E-state index contributed by atoms with van der Waals surface area (Å²) in [5.74, 6) is -10.4. The number of carboxylic acids is 4. The Morgan fingerprint density at radius 1 is 0.586 bits per heavy atom. The van der Waals surface area contributed by atoms with Crippen LogP contribution in [0.3, 0.4) is 0 Å². The molecule has 15 heteroatoms. The van der Waals surface area contributed by atoms with Crippen LogP contribution in [0.4, 0.5) is 0 Å². The summed E-state index contributed by atoms with van der Waals surface area (Å²) in [6.07, 6.45) is 1.06. The monoisotopic (exact) mass is 406 g/mol. The Balaban J connectivity index is 2.40. The van der Waals surface area contributed by atoms with Crippen LogP contribution < -0.4 is 0 Å². The molecule has 0 aliphatic heterocycles. The van der Waals surface area contributed by atoms with Crippen molar-refractivity contribution in [3.05, 3.63) is 46.6 Å². The van der Waals surface area contributed by atoms with E-state index < -0.39 is 70.0 Å². The summed E-state index contributed by atoms with van der Waals surface area (Å²) in [7, 11) is 0. The summed E-state index contributed by atoms with van der Waals surface area (Å²) in [5, 5.41) is 35.6. The van der Waals surface area contributed by atoms with Gasteiger partial charge in [-0.05, 0) is 0 Å². The fourth-order valence-corrected chi connectivity index (χ4v) is 1.76. The Labute approximate surface area is 157 Å². The van der Waals surface area contributed by atoms with Crippen molar-refractivity contribution >= 4 is 35.8 Å². The first kappa shape index (κ1) is 20.5. The zero-order chi connectivity index (χ0) is 21.9. The zero-order valence-corrected chi connectivity index (χ0v) is 13.6. The van der Waals surface area contributed by atoms with Gasteiger partial charge in [0.15, 0.2) is 34.2 Å². The highest BCUT2D eigenvalue weighted by atomic mass is 16.6. The van der Waals surface area contributed by atoms with Gasteiger partial charge in [-0.2, -0.15) is 0 Å². The molecule has 29 heavy (non-hydrogen) atoms. The quantitative estimate of drug-likeness (QED) is 0.334. The Bertz CT molecular complexity index is 1010. The second-order valence-corrected chi connectivity index (χ2v) is 4.80. The third-order valence-electron chi connectivity index (χ3n) is 2.96. The van der Waals surface area contributed by atoms with Gasteiger partial charge < -0.3 is 25.2 Å². The minimum atomic E-state index is -1.86. The minimum Gasteiger partial charge on any atom is -0.476 e. The molecule has 0 aliphatic rings. The number of ether oxygens (including phenoxy) is 1.